The van der Waals surface area contributed by atoms with Gasteiger partial charge in [-0.25, -0.2) is 0 Å². The Morgan fingerprint density at radius 3 is 2.48 bits per heavy atom. The van der Waals surface area contributed by atoms with Crippen LogP contribution in [0.1, 0.15) is 39.0 Å². The van der Waals surface area contributed by atoms with Crippen LogP contribution in [-0.2, 0) is 6.54 Å². The van der Waals surface area contributed by atoms with Crippen LogP contribution in [0.4, 0.5) is 0 Å². The highest BCUT2D eigenvalue weighted by Crippen LogP contribution is 1.93. The van der Waals surface area contributed by atoms with Gasteiger partial charge >= 0.3 is 0 Å². The van der Waals surface area contributed by atoms with Crippen molar-refractivity contribution < 1.29 is 0 Å². The number of aryl methyl sites for hydroxylation is 1. The number of unbranched alkanes of at least 4 members (excludes halogenated alkanes) is 3. The van der Waals surface area contributed by atoms with E-state index in [0.29, 0.717) is 0 Å². The van der Waals surface area contributed by atoms with Crippen LogP contribution >= 0.6 is 0 Å². The maximum absolute atomic E-state index is 11.5. The molecule has 1 aromatic heterocycles. The van der Waals surface area contributed by atoms with Gasteiger partial charge in [-0.2, -0.15) is 0 Å². The predicted molar refractivity (Wildman–Crippen MR) is 88.8 cm³/mol. The number of rotatable bonds is 9. The van der Waals surface area contributed by atoms with Crippen molar-refractivity contribution in [1.29, 1.82) is 0 Å². The number of hydrogen-bond donors (Lipinski definition) is 2. The minimum absolute atomic E-state index is 0.0684. The van der Waals surface area contributed by atoms with Gasteiger partial charge in [-0.1, -0.05) is 25.8 Å². The highest BCUT2D eigenvalue weighted by Gasteiger charge is 1.97. The Hall–Kier alpha value is -1.78. The summed E-state index contributed by atoms with van der Waals surface area (Å²) in [7, 11) is 1.79. The molecule has 0 aliphatic rings. The van der Waals surface area contributed by atoms with Crippen LogP contribution in [0.2, 0.25) is 0 Å². The van der Waals surface area contributed by atoms with Crippen molar-refractivity contribution in [3.8, 4) is 0 Å². The summed E-state index contributed by atoms with van der Waals surface area (Å²) in [6.45, 7) is 4.80. The van der Waals surface area contributed by atoms with E-state index >= 15 is 0 Å². The number of aromatic nitrogens is 1. The summed E-state index contributed by atoms with van der Waals surface area (Å²) >= 11 is 0. The number of guanidine groups is 1. The van der Waals surface area contributed by atoms with Gasteiger partial charge in [0.2, 0.25) is 5.56 Å². The Balaban J connectivity index is 2.12. The Labute approximate surface area is 127 Å². The lowest BCUT2D eigenvalue weighted by molar-refractivity contribution is 0.584. The quantitative estimate of drug-likeness (QED) is 0.416. The van der Waals surface area contributed by atoms with Crippen LogP contribution in [0, 0.1) is 0 Å². The van der Waals surface area contributed by atoms with Crippen LogP contribution in [0.15, 0.2) is 34.2 Å². The number of nitrogens with zero attached hydrogens (tertiary/aromatic N) is 2. The van der Waals surface area contributed by atoms with Crippen molar-refractivity contribution in [3.05, 3.63) is 34.7 Å². The first kappa shape index (κ1) is 17.3. The van der Waals surface area contributed by atoms with E-state index in [9.17, 15) is 4.79 Å². The van der Waals surface area contributed by atoms with E-state index in [2.05, 4.69) is 22.5 Å². The smallest absolute Gasteiger partial charge is 0.250 e. The average Bonchev–Trinajstić information content (AvgIpc) is 2.50. The maximum atomic E-state index is 11.5. The molecular formula is C16H28N4O. The van der Waals surface area contributed by atoms with Gasteiger partial charge in [0.25, 0.3) is 0 Å². The zero-order valence-corrected chi connectivity index (χ0v) is 13.3. The van der Waals surface area contributed by atoms with E-state index < -0.39 is 0 Å². The second-order valence-electron chi connectivity index (χ2n) is 5.07. The normalized spacial score (nSPS) is 11.4. The van der Waals surface area contributed by atoms with Gasteiger partial charge in [0, 0.05) is 38.9 Å². The first-order valence-electron chi connectivity index (χ1n) is 7.88. The monoisotopic (exact) mass is 292 g/mol. The fourth-order valence-corrected chi connectivity index (χ4v) is 2.06. The van der Waals surface area contributed by atoms with Crippen molar-refractivity contribution in [3.63, 3.8) is 0 Å². The third-order valence-electron chi connectivity index (χ3n) is 3.31. The fraction of sp³-hybridized carbons (Fsp3) is 0.625. The highest BCUT2D eigenvalue weighted by atomic mass is 16.1. The summed E-state index contributed by atoms with van der Waals surface area (Å²) in [4.78, 5) is 15.7. The number of hydrogen-bond acceptors (Lipinski definition) is 2. The summed E-state index contributed by atoms with van der Waals surface area (Å²) in [6, 6.07) is 5.26. The lowest BCUT2D eigenvalue weighted by Crippen LogP contribution is -2.38. The van der Waals surface area contributed by atoms with Crippen molar-refractivity contribution >= 4 is 5.96 Å². The number of nitrogens with one attached hydrogen (secondary N) is 2. The number of aliphatic imine (C=N–C) groups is 1. The van der Waals surface area contributed by atoms with Gasteiger partial charge in [0.1, 0.15) is 0 Å². The predicted octanol–water partition coefficient (Wildman–Crippen LogP) is 1.98. The first-order valence-corrected chi connectivity index (χ1v) is 7.88. The molecule has 1 heterocycles. The van der Waals surface area contributed by atoms with Crippen molar-refractivity contribution in [2.24, 2.45) is 4.99 Å². The standard InChI is InChI=1S/C16H28N4O/c1-3-4-6-11-18-16(17-2)19-12-7-9-14-20-13-8-5-10-15(20)21/h5,8,10,13H,3-4,6-7,9,11-12,14H2,1-2H3,(H2,17,18,19). The molecule has 0 saturated carbocycles. The Kier molecular flexibility index (Phi) is 9.00. The molecule has 1 rings (SSSR count). The lowest BCUT2D eigenvalue weighted by Gasteiger charge is -2.11. The van der Waals surface area contributed by atoms with Crippen LogP contribution in [0.3, 0.4) is 0 Å². The Bertz CT molecular complexity index is 467. The Morgan fingerprint density at radius 1 is 1.14 bits per heavy atom. The molecule has 0 aliphatic carbocycles. The summed E-state index contributed by atoms with van der Waals surface area (Å²) < 4.78 is 1.75. The third-order valence-corrected chi connectivity index (χ3v) is 3.31. The average molecular weight is 292 g/mol. The first-order chi connectivity index (χ1) is 10.3. The molecule has 0 aliphatic heterocycles. The van der Waals surface area contributed by atoms with Gasteiger partial charge < -0.3 is 15.2 Å². The number of pyridine rings is 1. The van der Waals surface area contributed by atoms with Gasteiger partial charge in [-0.3, -0.25) is 9.79 Å². The van der Waals surface area contributed by atoms with E-state index in [4.69, 9.17) is 0 Å². The van der Waals surface area contributed by atoms with E-state index in [1.807, 2.05) is 12.3 Å². The molecule has 1 aromatic rings. The molecule has 5 nitrogen and oxygen atoms in total. The molecule has 0 saturated heterocycles. The molecule has 0 bridgehead atoms. The van der Waals surface area contributed by atoms with E-state index in [0.717, 1.165) is 38.4 Å². The molecule has 0 fully saturated rings. The van der Waals surface area contributed by atoms with Crippen LogP contribution in [-0.4, -0.2) is 30.7 Å². The summed E-state index contributed by atoms with van der Waals surface area (Å²) in [5.41, 5.74) is 0.0684. The van der Waals surface area contributed by atoms with Crippen molar-refractivity contribution in [2.45, 2.75) is 45.6 Å². The summed E-state index contributed by atoms with van der Waals surface area (Å²) in [5, 5.41) is 6.60. The SMILES string of the molecule is CCCCCNC(=NC)NCCCCn1ccccc1=O. The maximum Gasteiger partial charge on any atom is 0.250 e. The molecule has 0 radical (unpaired) electrons. The molecule has 0 atom stereocenters. The zero-order chi connectivity index (χ0) is 15.3. The third kappa shape index (κ3) is 7.54. The minimum Gasteiger partial charge on any atom is -0.356 e. The fourth-order valence-electron chi connectivity index (χ4n) is 2.06. The highest BCUT2D eigenvalue weighted by molar-refractivity contribution is 5.79. The molecule has 0 amide bonds. The van der Waals surface area contributed by atoms with E-state index in [1.54, 1.807) is 23.7 Å². The largest absolute Gasteiger partial charge is 0.356 e. The van der Waals surface area contributed by atoms with E-state index in [1.165, 1.54) is 19.3 Å². The molecule has 0 spiro atoms. The van der Waals surface area contributed by atoms with Crippen molar-refractivity contribution in [2.75, 3.05) is 20.1 Å². The molecule has 2 N–H and O–H groups in total. The molecule has 21 heavy (non-hydrogen) atoms. The molecule has 118 valence electrons. The van der Waals surface area contributed by atoms with Gasteiger partial charge in [-0.05, 0) is 25.3 Å². The summed E-state index contributed by atoms with van der Waals surface area (Å²) in [6.07, 6.45) is 7.47. The molecule has 5 heteroatoms. The zero-order valence-electron chi connectivity index (χ0n) is 13.3. The van der Waals surface area contributed by atoms with Gasteiger partial charge in [-0.15, -0.1) is 0 Å². The van der Waals surface area contributed by atoms with Gasteiger partial charge in [0.15, 0.2) is 5.96 Å². The topological polar surface area (TPSA) is 58.4 Å². The van der Waals surface area contributed by atoms with Crippen LogP contribution < -0.4 is 16.2 Å². The van der Waals surface area contributed by atoms with E-state index in [-0.39, 0.29) is 5.56 Å². The Morgan fingerprint density at radius 2 is 1.86 bits per heavy atom. The van der Waals surface area contributed by atoms with Crippen LogP contribution in [0.25, 0.3) is 0 Å². The molecule has 0 unspecified atom stereocenters. The molecular weight excluding hydrogens is 264 g/mol. The molecule has 0 aromatic carbocycles. The second kappa shape index (κ2) is 10.9. The van der Waals surface area contributed by atoms with Crippen molar-refractivity contribution in [1.82, 2.24) is 15.2 Å². The summed E-state index contributed by atoms with van der Waals surface area (Å²) in [5.74, 6) is 0.864. The lowest BCUT2D eigenvalue weighted by atomic mass is 10.2. The minimum atomic E-state index is 0.0684. The van der Waals surface area contributed by atoms with Gasteiger partial charge in [0.05, 0.1) is 0 Å². The second-order valence-corrected chi connectivity index (χ2v) is 5.07. The van der Waals surface area contributed by atoms with Crippen LogP contribution in [0.5, 0.6) is 0 Å².